The molecule has 1 N–H and O–H groups in total. The molecule has 0 aromatic heterocycles. The molecule has 0 aliphatic rings. The minimum absolute atomic E-state index is 0.869. The van der Waals surface area contributed by atoms with Crippen molar-refractivity contribution in [2.24, 2.45) is 0 Å². The van der Waals surface area contributed by atoms with E-state index in [9.17, 15) is 0 Å². The van der Waals surface area contributed by atoms with Crippen LogP contribution in [0, 0.1) is 6.57 Å². The summed E-state index contributed by atoms with van der Waals surface area (Å²) in [7, 11) is 0. The number of hydrogen-bond donors (Lipinski definition) is 1. The van der Waals surface area contributed by atoms with Gasteiger partial charge in [-0.25, -0.2) is 0 Å². The van der Waals surface area contributed by atoms with Gasteiger partial charge in [-0.15, -0.1) is 0 Å². The minimum Gasteiger partial charge on any atom is -0.184 e. The van der Waals surface area contributed by atoms with Crippen LogP contribution < -0.4 is 5.43 Å². The van der Waals surface area contributed by atoms with Gasteiger partial charge >= 0.3 is 0 Å². The molecule has 0 saturated heterocycles. The van der Waals surface area contributed by atoms with Crippen LogP contribution >= 0.6 is 0 Å². The number of fused-ring (bicyclic) bond motifs is 1. The molecule has 0 radical (unpaired) electrons. The Bertz CT molecular complexity index is 463. The van der Waals surface area contributed by atoms with Crippen molar-refractivity contribution in [1.82, 2.24) is 0 Å². The zero-order valence-electron chi connectivity index (χ0n) is 6.99. The first kappa shape index (κ1) is 7.63. The second-order valence-electron chi connectivity index (χ2n) is 2.75. The van der Waals surface area contributed by atoms with Gasteiger partial charge in [0.25, 0.3) is 0 Å². The maximum absolute atomic E-state index is 6.73. The van der Waals surface area contributed by atoms with Crippen LogP contribution in [0.1, 0.15) is 0 Å². The van der Waals surface area contributed by atoms with E-state index in [1.165, 1.54) is 0 Å². The van der Waals surface area contributed by atoms with Gasteiger partial charge in [-0.05, 0) is 11.5 Å². The number of nitrogens with one attached hydrogen (secondary N) is 1. The fourth-order valence-electron chi connectivity index (χ4n) is 1.38. The molecule has 13 heavy (non-hydrogen) atoms. The van der Waals surface area contributed by atoms with Crippen molar-refractivity contribution in [3.63, 3.8) is 0 Å². The Kier molecular flexibility index (Phi) is 1.85. The van der Waals surface area contributed by atoms with E-state index in [-0.39, 0.29) is 0 Å². The Balaban J connectivity index is 2.70. The summed E-state index contributed by atoms with van der Waals surface area (Å²) in [5.74, 6) is 0. The van der Waals surface area contributed by atoms with Crippen LogP contribution in [-0.4, -0.2) is 0 Å². The molecule has 2 nitrogen and oxygen atoms in total. The van der Waals surface area contributed by atoms with Crippen LogP contribution in [0.5, 0.6) is 0 Å². The number of rotatable bonds is 1. The maximum Gasteiger partial charge on any atom is 0.117 e. The Morgan fingerprint density at radius 3 is 2.62 bits per heavy atom. The van der Waals surface area contributed by atoms with E-state index in [0.717, 1.165) is 16.5 Å². The molecule has 2 aromatic carbocycles. The van der Waals surface area contributed by atoms with E-state index in [1.54, 1.807) is 0 Å². The van der Waals surface area contributed by atoms with E-state index in [4.69, 9.17) is 6.57 Å². The van der Waals surface area contributed by atoms with Crippen molar-refractivity contribution in [3.05, 3.63) is 54.0 Å². The Hall–Kier alpha value is -2.01. The molecular weight excluding hydrogens is 160 g/mol. The molecule has 0 spiro atoms. The lowest BCUT2D eigenvalue weighted by atomic mass is 10.1. The highest BCUT2D eigenvalue weighted by molar-refractivity contribution is 5.93. The average Bonchev–Trinajstić information content (AvgIpc) is 2.19. The highest BCUT2D eigenvalue weighted by atomic mass is 15.2. The molecular formula is C11H8N2. The average molecular weight is 168 g/mol. The third-order valence-corrected chi connectivity index (χ3v) is 1.97. The summed E-state index contributed by atoms with van der Waals surface area (Å²) >= 11 is 0. The van der Waals surface area contributed by atoms with Gasteiger partial charge in [0.15, 0.2) is 0 Å². The molecule has 0 atom stereocenters. The molecule has 2 aromatic rings. The molecule has 0 fully saturated rings. The smallest absolute Gasteiger partial charge is 0.117 e. The summed E-state index contributed by atoms with van der Waals surface area (Å²) < 4.78 is 0. The van der Waals surface area contributed by atoms with Crippen molar-refractivity contribution in [2.75, 3.05) is 5.43 Å². The monoisotopic (exact) mass is 168 g/mol. The predicted octanol–water partition coefficient (Wildman–Crippen LogP) is 3.09. The van der Waals surface area contributed by atoms with Crippen LogP contribution in [0.3, 0.4) is 0 Å². The van der Waals surface area contributed by atoms with Crippen LogP contribution in [-0.2, 0) is 0 Å². The summed E-state index contributed by atoms with van der Waals surface area (Å²) in [5, 5.41) is 2.23. The van der Waals surface area contributed by atoms with Crippen molar-refractivity contribution in [3.8, 4) is 0 Å². The molecule has 0 aliphatic carbocycles. The number of anilines is 1. The van der Waals surface area contributed by atoms with Gasteiger partial charge < -0.3 is 0 Å². The summed E-state index contributed by atoms with van der Waals surface area (Å²) in [4.78, 5) is 3.16. The Labute approximate surface area is 76.6 Å². The second-order valence-corrected chi connectivity index (χ2v) is 2.75. The van der Waals surface area contributed by atoms with Crippen molar-refractivity contribution >= 4 is 16.5 Å². The molecule has 0 amide bonds. The van der Waals surface area contributed by atoms with E-state index in [0.29, 0.717) is 0 Å². The predicted molar refractivity (Wildman–Crippen MR) is 54.2 cm³/mol. The summed E-state index contributed by atoms with van der Waals surface area (Å²) in [6, 6.07) is 13.9. The molecule has 0 unspecified atom stereocenters. The van der Waals surface area contributed by atoms with Crippen LogP contribution in [0.15, 0.2) is 42.5 Å². The van der Waals surface area contributed by atoms with Gasteiger partial charge in [0, 0.05) is 5.39 Å². The molecule has 2 heteroatoms. The number of hydrogen-bond acceptors (Lipinski definition) is 1. The second kappa shape index (κ2) is 3.16. The van der Waals surface area contributed by atoms with Gasteiger partial charge in [0.05, 0.1) is 0 Å². The lowest BCUT2D eigenvalue weighted by Gasteiger charge is -1.99. The first-order valence-electron chi connectivity index (χ1n) is 4.02. The highest BCUT2D eigenvalue weighted by Crippen LogP contribution is 2.22. The summed E-state index contributed by atoms with van der Waals surface area (Å²) in [6.07, 6.45) is 0. The molecule has 0 heterocycles. The molecule has 62 valence electrons. The minimum atomic E-state index is 0.869. The fourth-order valence-corrected chi connectivity index (χ4v) is 1.38. The quantitative estimate of drug-likeness (QED) is 0.511. The van der Waals surface area contributed by atoms with Gasteiger partial charge in [-0.3, -0.25) is 0 Å². The molecule has 2 rings (SSSR count). The third kappa shape index (κ3) is 1.32. The van der Waals surface area contributed by atoms with Crippen LogP contribution in [0.25, 0.3) is 15.7 Å². The standard InChI is InChI=1S/C11H8N2/c1-12-13-11-8-4-6-9-5-2-3-7-10(9)11/h2-8,13H. The lowest BCUT2D eigenvalue weighted by molar-refractivity contribution is 1.62. The topological polar surface area (TPSA) is 16.4 Å². The zero-order valence-corrected chi connectivity index (χ0v) is 6.99. The highest BCUT2D eigenvalue weighted by Gasteiger charge is 1.99. The van der Waals surface area contributed by atoms with E-state index in [1.807, 2.05) is 42.5 Å². The molecule has 0 aliphatic heterocycles. The Morgan fingerprint density at radius 1 is 1.00 bits per heavy atom. The Morgan fingerprint density at radius 2 is 1.77 bits per heavy atom. The van der Waals surface area contributed by atoms with Crippen molar-refractivity contribution < 1.29 is 0 Å². The third-order valence-electron chi connectivity index (χ3n) is 1.97. The van der Waals surface area contributed by atoms with Gasteiger partial charge in [0.1, 0.15) is 5.69 Å². The van der Waals surface area contributed by atoms with E-state index in [2.05, 4.69) is 10.4 Å². The lowest BCUT2D eigenvalue weighted by Crippen LogP contribution is -1.84. The van der Waals surface area contributed by atoms with Crippen LogP contribution in [0.2, 0.25) is 0 Å². The number of nitrogens with zero attached hydrogens (tertiary/aromatic N) is 1. The van der Waals surface area contributed by atoms with Gasteiger partial charge in [0.2, 0.25) is 0 Å². The van der Waals surface area contributed by atoms with E-state index >= 15 is 0 Å². The first-order valence-corrected chi connectivity index (χ1v) is 4.02. The fraction of sp³-hybridized carbons (Fsp3) is 0. The van der Waals surface area contributed by atoms with Gasteiger partial charge in [-0.2, -0.15) is 11.5 Å². The summed E-state index contributed by atoms with van der Waals surface area (Å²) in [5.41, 5.74) is 3.51. The zero-order chi connectivity index (χ0) is 9.10. The SMILES string of the molecule is [C-]#[N+]Nc1cccc2ccccc12. The first-order chi connectivity index (χ1) is 6.42. The maximum atomic E-state index is 6.73. The normalized spacial score (nSPS) is 9.46. The van der Waals surface area contributed by atoms with Crippen molar-refractivity contribution in [1.29, 1.82) is 0 Å². The van der Waals surface area contributed by atoms with Gasteiger partial charge in [-0.1, -0.05) is 41.8 Å². The molecule has 0 bridgehead atoms. The van der Waals surface area contributed by atoms with Crippen LogP contribution in [0.4, 0.5) is 5.69 Å². The van der Waals surface area contributed by atoms with Crippen molar-refractivity contribution in [2.45, 2.75) is 0 Å². The summed E-state index contributed by atoms with van der Waals surface area (Å²) in [6.45, 7) is 6.73. The van der Waals surface area contributed by atoms with E-state index < -0.39 is 0 Å². The molecule has 0 saturated carbocycles. The number of benzene rings is 2. The largest absolute Gasteiger partial charge is 0.184 e.